The van der Waals surface area contributed by atoms with Crippen molar-refractivity contribution in [1.82, 2.24) is 19.6 Å². The molecular formula is C25H26N6. The quantitative estimate of drug-likeness (QED) is 0.415. The van der Waals surface area contributed by atoms with Gasteiger partial charge in [-0.05, 0) is 31.9 Å². The molecule has 0 saturated heterocycles. The summed E-state index contributed by atoms with van der Waals surface area (Å²) in [6.45, 7) is 8.38. The van der Waals surface area contributed by atoms with E-state index in [1.54, 1.807) is 10.7 Å². The molecule has 31 heavy (non-hydrogen) atoms. The number of anilines is 1. The number of rotatable bonds is 7. The van der Waals surface area contributed by atoms with Crippen LogP contribution in [-0.4, -0.2) is 32.7 Å². The van der Waals surface area contributed by atoms with Gasteiger partial charge in [0.25, 0.3) is 0 Å². The van der Waals surface area contributed by atoms with Crippen LogP contribution in [0.5, 0.6) is 0 Å². The molecule has 0 saturated carbocycles. The molecule has 0 N–H and O–H groups in total. The van der Waals surface area contributed by atoms with Gasteiger partial charge in [-0.25, -0.2) is 14.5 Å². The molecule has 3 aromatic heterocycles. The highest BCUT2D eigenvalue weighted by Gasteiger charge is 2.16. The molecule has 1 aromatic carbocycles. The van der Waals surface area contributed by atoms with E-state index in [0.717, 1.165) is 48.6 Å². The SMILES string of the molecule is CCCN(CCC)c1ccc(-c2nc(-c3ccc(C)cc3)cn3ncc(C#N)c23)cn1. The molecule has 0 aliphatic carbocycles. The third-order valence-electron chi connectivity index (χ3n) is 5.30. The summed E-state index contributed by atoms with van der Waals surface area (Å²) in [5.41, 5.74) is 5.78. The minimum absolute atomic E-state index is 0.501. The van der Waals surface area contributed by atoms with Gasteiger partial charge in [0.15, 0.2) is 0 Å². The van der Waals surface area contributed by atoms with E-state index in [4.69, 9.17) is 9.97 Å². The Hall–Kier alpha value is -3.72. The van der Waals surface area contributed by atoms with Crippen molar-refractivity contribution in [3.05, 3.63) is 66.1 Å². The molecule has 0 unspecified atom stereocenters. The molecule has 4 rings (SSSR count). The summed E-state index contributed by atoms with van der Waals surface area (Å²) in [6, 6.07) is 14.6. The smallest absolute Gasteiger partial charge is 0.128 e. The van der Waals surface area contributed by atoms with Crippen molar-refractivity contribution in [3.63, 3.8) is 0 Å². The van der Waals surface area contributed by atoms with Gasteiger partial charge in [-0.1, -0.05) is 43.7 Å². The van der Waals surface area contributed by atoms with Crippen LogP contribution in [0.25, 0.3) is 28.0 Å². The molecule has 0 fully saturated rings. The highest BCUT2D eigenvalue weighted by atomic mass is 15.2. The Morgan fingerprint density at radius 1 is 0.968 bits per heavy atom. The molecule has 0 radical (unpaired) electrons. The molecule has 0 atom stereocenters. The van der Waals surface area contributed by atoms with Crippen molar-refractivity contribution in [2.24, 2.45) is 0 Å². The zero-order valence-electron chi connectivity index (χ0n) is 18.2. The average molecular weight is 411 g/mol. The molecule has 0 spiro atoms. The molecule has 6 heteroatoms. The molecule has 0 aliphatic heterocycles. The molecule has 6 nitrogen and oxygen atoms in total. The Kier molecular flexibility index (Phi) is 5.94. The van der Waals surface area contributed by atoms with Gasteiger partial charge in [-0.2, -0.15) is 10.4 Å². The van der Waals surface area contributed by atoms with Crippen LogP contribution in [0.4, 0.5) is 5.82 Å². The topological polar surface area (TPSA) is 70.1 Å². The van der Waals surface area contributed by atoms with Crippen LogP contribution in [-0.2, 0) is 0 Å². The summed E-state index contributed by atoms with van der Waals surface area (Å²) in [5, 5.41) is 14.0. The van der Waals surface area contributed by atoms with Crippen LogP contribution >= 0.6 is 0 Å². The normalized spacial score (nSPS) is 10.9. The lowest BCUT2D eigenvalue weighted by Crippen LogP contribution is -2.25. The number of hydrogen-bond acceptors (Lipinski definition) is 5. The van der Waals surface area contributed by atoms with E-state index in [-0.39, 0.29) is 0 Å². The van der Waals surface area contributed by atoms with E-state index in [1.165, 1.54) is 5.56 Å². The number of nitriles is 1. The van der Waals surface area contributed by atoms with Crippen molar-refractivity contribution < 1.29 is 0 Å². The largest absolute Gasteiger partial charge is 0.357 e. The van der Waals surface area contributed by atoms with Gasteiger partial charge >= 0.3 is 0 Å². The molecule has 0 amide bonds. The maximum Gasteiger partial charge on any atom is 0.128 e. The standard InChI is InChI=1S/C25H26N6/c1-4-12-30(13-5-2)23-11-10-20(15-27-23)24-25-21(14-26)16-28-31(25)17-22(29-24)19-8-6-18(3)7-9-19/h6-11,15-17H,4-5,12-13H2,1-3H3. The zero-order valence-corrected chi connectivity index (χ0v) is 18.2. The molecule has 3 heterocycles. The summed E-state index contributed by atoms with van der Waals surface area (Å²) in [5.74, 6) is 0.965. The predicted molar refractivity (Wildman–Crippen MR) is 124 cm³/mol. The van der Waals surface area contributed by atoms with Gasteiger partial charge in [0.2, 0.25) is 0 Å². The summed E-state index contributed by atoms with van der Waals surface area (Å²) in [4.78, 5) is 12.0. The van der Waals surface area contributed by atoms with Crippen LogP contribution in [0, 0.1) is 18.3 Å². The van der Waals surface area contributed by atoms with Gasteiger partial charge in [0.05, 0.1) is 23.8 Å². The number of nitrogens with zero attached hydrogens (tertiary/aromatic N) is 6. The lowest BCUT2D eigenvalue weighted by Gasteiger charge is -2.22. The average Bonchev–Trinajstić information content (AvgIpc) is 3.22. The first-order valence-electron chi connectivity index (χ1n) is 10.7. The molecular weight excluding hydrogens is 384 g/mol. The van der Waals surface area contributed by atoms with Gasteiger partial charge in [0, 0.05) is 30.4 Å². The number of fused-ring (bicyclic) bond motifs is 1. The Morgan fingerprint density at radius 2 is 1.68 bits per heavy atom. The van der Waals surface area contributed by atoms with E-state index >= 15 is 0 Å². The highest BCUT2D eigenvalue weighted by molar-refractivity contribution is 5.83. The van der Waals surface area contributed by atoms with E-state index in [9.17, 15) is 5.26 Å². The Morgan fingerprint density at radius 3 is 2.29 bits per heavy atom. The predicted octanol–water partition coefficient (Wildman–Crippen LogP) is 5.26. The Bertz CT molecular complexity index is 1210. The van der Waals surface area contributed by atoms with Gasteiger partial charge in [0.1, 0.15) is 23.0 Å². The number of hydrogen-bond donors (Lipinski definition) is 0. The number of aryl methyl sites for hydroxylation is 1. The summed E-state index contributed by atoms with van der Waals surface area (Å²) in [7, 11) is 0. The van der Waals surface area contributed by atoms with Crippen LogP contribution < -0.4 is 4.90 Å². The second kappa shape index (κ2) is 8.97. The summed E-state index contributed by atoms with van der Waals surface area (Å²) >= 11 is 0. The van der Waals surface area contributed by atoms with Crippen molar-refractivity contribution in [2.45, 2.75) is 33.6 Å². The van der Waals surface area contributed by atoms with Gasteiger partial charge in [-0.15, -0.1) is 0 Å². The summed E-state index contributed by atoms with van der Waals surface area (Å²) in [6.07, 6.45) is 7.46. The van der Waals surface area contributed by atoms with Crippen LogP contribution in [0.15, 0.2) is 55.0 Å². The van der Waals surface area contributed by atoms with Crippen LogP contribution in [0.2, 0.25) is 0 Å². The van der Waals surface area contributed by atoms with E-state index in [0.29, 0.717) is 16.8 Å². The van der Waals surface area contributed by atoms with Crippen LogP contribution in [0.3, 0.4) is 0 Å². The van der Waals surface area contributed by atoms with E-state index in [2.05, 4.69) is 61.1 Å². The fourth-order valence-corrected chi connectivity index (χ4v) is 3.75. The molecule has 0 bridgehead atoms. The van der Waals surface area contributed by atoms with Gasteiger partial charge < -0.3 is 4.90 Å². The molecule has 0 aliphatic rings. The minimum atomic E-state index is 0.501. The second-order valence-corrected chi connectivity index (χ2v) is 7.70. The van der Waals surface area contributed by atoms with Crippen molar-refractivity contribution in [3.8, 4) is 28.6 Å². The minimum Gasteiger partial charge on any atom is -0.357 e. The number of aromatic nitrogens is 4. The summed E-state index contributed by atoms with van der Waals surface area (Å²) < 4.78 is 1.74. The maximum absolute atomic E-state index is 9.59. The monoisotopic (exact) mass is 410 g/mol. The highest BCUT2D eigenvalue weighted by Crippen LogP contribution is 2.29. The van der Waals surface area contributed by atoms with Crippen molar-refractivity contribution in [2.75, 3.05) is 18.0 Å². The van der Waals surface area contributed by atoms with Gasteiger partial charge in [-0.3, -0.25) is 0 Å². The fourth-order valence-electron chi connectivity index (χ4n) is 3.75. The lowest BCUT2D eigenvalue weighted by molar-refractivity contribution is 0.734. The van der Waals surface area contributed by atoms with Crippen LogP contribution in [0.1, 0.15) is 37.8 Å². The fraction of sp³-hybridized carbons (Fsp3) is 0.280. The number of benzene rings is 1. The van der Waals surface area contributed by atoms with Crippen molar-refractivity contribution in [1.29, 1.82) is 5.26 Å². The Balaban J connectivity index is 1.82. The molecule has 4 aromatic rings. The lowest BCUT2D eigenvalue weighted by atomic mass is 10.1. The Labute approximate surface area is 182 Å². The first-order chi connectivity index (χ1) is 15.1. The second-order valence-electron chi connectivity index (χ2n) is 7.70. The number of pyridine rings is 1. The third-order valence-corrected chi connectivity index (χ3v) is 5.30. The third kappa shape index (κ3) is 4.13. The van der Waals surface area contributed by atoms with E-state index < -0.39 is 0 Å². The first kappa shape index (κ1) is 20.5. The van der Waals surface area contributed by atoms with E-state index in [1.807, 2.05) is 24.5 Å². The zero-order chi connectivity index (χ0) is 21.8. The molecule has 156 valence electrons. The maximum atomic E-state index is 9.59. The van der Waals surface area contributed by atoms with Crippen molar-refractivity contribution >= 4 is 11.3 Å². The first-order valence-corrected chi connectivity index (χ1v) is 10.7.